The summed E-state index contributed by atoms with van der Waals surface area (Å²) in [6.07, 6.45) is 2.97. The van der Waals surface area contributed by atoms with Gasteiger partial charge in [0.2, 0.25) is 0 Å². The van der Waals surface area contributed by atoms with E-state index in [1.54, 1.807) is 0 Å². The van der Waals surface area contributed by atoms with Gasteiger partial charge < -0.3 is 10.7 Å². The van der Waals surface area contributed by atoms with Gasteiger partial charge >= 0.3 is 0 Å². The molecule has 0 atom stereocenters. The van der Waals surface area contributed by atoms with Gasteiger partial charge in [0, 0.05) is 31.0 Å². The van der Waals surface area contributed by atoms with Gasteiger partial charge in [0.05, 0.1) is 5.69 Å². The lowest BCUT2D eigenvalue weighted by molar-refractivity contribution is 0.748. The Morgan fingerprint density at radius 2 is 1.92 bits per heavy atom. The van der Waals surface area contributed by atoms with E-state index in [0.717, 1.165) is 56.1 Å². The largest absolute Gasteiger partial charge is 0.354 e. The van der Waals surface area contributed by atoms with Gasteiger partial charge in [-0.05, 0) is 74.2 Å². The van der Waals surface area contributed by atoms with Gasteiger partial charge in [-0.25, -0.2) is 0 Å². The van der Waals surface area contributed by atoms with Crippen LogP contribution < -0.4 is 5.73 Å². The average molecular weight is 426 g/mol. The number of nitrogens with one attached hydrogen (secondary N) is 1. The van der Waals surface area contributed by atoms with Crippen LogP contribution in [0.3, 0.4) is 0 Å². The monoisotopic (exact) mass is 424 g/mol. The summed E-state index contributed by atoms with van der Waals surface area (Å²) in [6.45, 7) is 2.77. The van der Waals surface area contributed by atoms with E-state index in [2.05, 4.69) is 33.9 Å². The van der Waals surface area contributed by atoms with Crippen LogP contribution in [0.4, 0.5) is 0 Å². The number of rotatable bonds is 5. The molecule has 0 saturated heterocycles. The maximum Gasteiger partial charge on any atom is 0.0512 e. The highest BCUT2D eigenvalue weighted by molar-refractivity contribution is 9.10. The van der Waals surface area contributed by atoms with Crippen molar-refractivity contribution in [1.82, 2.24) is 4.98 Å². The zero-order valence-electron chi connectivity index (χ0n) is 13.4. The normalized spacial score (nSPS) is 11.4. The van der Waals surface area contributed by atoms with Gasteiger partial charge in [0.1, 0.15) is 0 Å². The number of aromatic nitrogens is 1. The van der Waals surface area contributed by atoms with Gasteiger partial charge in [-0.1, -0.05) is 39.1 Å². The lowest BCUT2D eigenvalue weighted by Gasteiger charge is -2.08. The van der Waals surface area contributed by atoms with Crippen LogP contribution in [-0.2, 0) is 6.42 Å². The molecule has 3 aromatic rings. The Labute approximate surface area is 160 Å². The third-order valence-corrected chi connectivity index (χ3v) is 5.30. The number of hydrogen-bond donors (Lipinski definition) is 2. The fourth-order valence-corrected chi connectivity index (χ4v) is 3.95. The minimum Gasteiger partial charge on any atom is -0.354 e. The third kappa shape index (κ3) is 3.50. The molecule has 0 aliphatic rings. The number of aromatic amines is 1. The summed E-state index contributed by atoms with van der Waals surface area (Å²) in [6, 6.07) is 9.93. The van der Waals surface area contributed by atoms with Gasteiger partial charge in [0.15, 0.2) is 0 Å². The van der Waals surface area contributed by atoms with Gasteiger partial charge in [-0.2, -0.15) is 0 Å². The Hall–Kier alpha value is -1.00. The molecule has 0 bridgehead atoms. The Morgan fingerprint density at radius 3 is 2.67 bits per heavy atom. The fourth-order valence-electron chi connectivity index (χ4n) is 3.11. The van der Waals surface area contributed by atoms with Crippen LogP contribution in [0.2, 0.25) is 10.0 Å². The first kappa shape index (κ1) is 17.8. The van der Waals surface area contributed by atoms with Crippen molar-refractivity contribution >= 4 is 50.0 Å². The molecule has 0 aliphatic carbocycles. The molecular weight excluding hydrogens is 407 g/mol. The highest BCUT2D eigenvalue weighted by Gasteiger charge is 2.17. The number of fused-ring (bicyclic) bond motifs is 1. The highest BCUT2D eigenvalue weighted by Crippen LogP contribution is 2.38. The number of aryl methyl sites for hydroxylation is 2. The van der Waals surface area contributed by atoms with E-state index in [1.165, 1.54) is 10.9 Å². The van der Waals surface area contributed by atoms with E-state index in [0.29, 0.717) is 6.54 Å². The molecule has 0 amide bonds. The molecule has 3 N–H and O–H groups in total. The van der Waals surface area contributed by atoms with Crippen LogP contribution in [-0.4, -0.2) is 11.5 Å². The van der Waals surface area contributed by atoms with Gasteiger partial charge in [-0.15, -0.1) is 0 Å². The Bertz CT molecular complexity index is 887. The molecule has 0 spiro atoms. The zero-order valence-corrected chi connectivity index (χ0v) is 16.5. The predicted molar refractivity (Wildman–Crippen MR) is 108 cm³/mol. The van der Waals surface area contributed by atoms with Crippen molar-refractivity contribution in [3.8, 4) is 11.3 Å². The number of halogens is 3. The van der Waals surface area contributed by atoms with Crippen molar-refractivity contribution < 1.29 is 0 Å². The molecule has 0 aliphatic heterocycles. The molecular formula is C19H19BrCl2N2. The molecule has 3 rings (SSSR count). The highest BCUT2D eigenvalue weighted by atomic mass is 79.9. The van der Waals surface area contributed by atoms with Crippen molar-refractivity contribution in [3.63, 3.8) is 0 Å². The SMILES string of the molecule is Cc1cc(Cl)cc2c(CCCCN)c(-c3cc(Br)ccc3Cl)[nH]c12. The van der Waals surface area contributed by atoms with Crippen LogP contribution >= 0.6 is 39.1 Å². The summed E-state index contributed by atoms with van der Waals surface area (Å²) >= 11 is 16.3. The van der Waals surface area contributed by atoms with Gasteiger partial charge in [0.25, 0.3) is 0 Å². The van der Waals surface area contributed by atoms with E-state index in [-0.39, 0.29) is 0 Å². The summed E-state index contributed by atoms with van der Waals surface area (Å²) in [5.74, 6) is 0. The molecule has 1 heterocycles. The number of benzene rings is 2. The van der Waals surface area contributed by atoms with Crippen molar-refractivity contribution in [2.75, 3.05) is 6.54 Å². The van der Waals surface area contributed by atoms with E-state index in [1.807, 2.05) is 24.3 Å². The van der Waals surface area contributed by atoms with Crippen LogP contribution in [0, 0.1) is 6.92 Å². The van der Waals surface area contributed by atoms with Gasteiger partial charge in [-0.3, -0.25) is 0 Å². The first-order valence-electron chi connectivity index (χ1n) is 7.97. The van der Waals surface area contributed by atoms with Crippen molar-refractivity contribution in [3.05, 3.63) is 56.0 Å². The molecule has 2 nitrogen and oxygen atoms in total. The smallest absolute Gasteiger partial charge is 0.0512 e. The Balaban J connectivity index is 2.23. The lowest BCUT2D eigenvalue weighted by Crippen LogP contribution is -1.99. The molecule has 0 unspecified atom stereocenters. The third-order valence-electron chi connectivity index (χ3n) is 4.26. The van der Waals surface area contributed by atoms with Crippen molar-refractivity contribution in [2.45, 2.75) is 26.2 Å². The fraction of sp³-hybridized carbons (Fsp3) is 0.263. The number of unbranched alkanes of at least 4 members (excludes halogenated alkanes) is 1. The summed E-state index contributed by atoms with van der Waals surface area (Å²) in [7, 11) is 0. The van der Waals surface area contributed by atoms with Crippen LogP contribution in [0.1, 0.15) is 24.0 Å². The van der Waals surface area contributed by atoms with E-state index < -0.39 is 0 Å². The zero-order chi connectivity index (χ0) is 17.3. The van der Waals surface area contributed by atoms with Crippen molar-refractivity contribution in [2.24, 2.45) is 5.73 Å². The van der Waals surface area contributed by atoms with Crippen LogP contribution in [0.5, 0.6) is 0 Å². The Morgan fingerprint density at radius 1 is 1.12 bits per heavy atom. The standard InChI is InChI=1S/C19H19BrCl2N2/c1-11-8-13(21)10-15-14(4-2-3-7-23)19(24-18(11)15)16-9-12(20)5-6-17(16)22/h5-6,8-10,24H,2-4,7,23H2,1H3. The average Bonchev–Trinajstić information content (AvgIpc) is 2.89. The second kappa shape index (κ2) is 7.49. The first-order chi connectivity index (χ1) is 11.5. The minimum absolute atomic E-state index is 0.703. The summed E-state index contributed by atoms with van der Waals surface area (Å²) in [5.41, 5.74) is 11.2. The van der Waals surface area contributed by atoms with Crippen LogP contribution in [0.15, 0.2) is 34.8 Å². The maximum absolute atomic E-state index is 6.48. The number of nitrogens with two attached hydrogens (primary N) is 1. The molecule has 24 heavy (non-hydrogen) atoms. The molecule has 0 saturated carbocycles. The van der Waals surface area contributed by atoms with E-state index in [9.17, 15) is 0 Å². The first-order valence-corrected chi connectivity index (χ1v) is 9.52. The molecule has 126 valence electrons. The summed E-state index contributed by atoms with van der Waals surface area (Å²) < 4.78 is 1.00. The van der Waals surface area contributed by atoms with Crippen LogP contribution in [0.25, 0.3) is 22.2 Å². The minimum atomic E-state index is 0.703. The quantitative estimate of drug-likeness (QED) is 0.450. The predicted octanol–water partition coefficient (Wildman–Crippen LogP) is 6.49. The molecule has 1 aromatic heterocycles. The number of H-pyrrole nitrogens is 1. The van der Waals surface area contributed by atoms with E-state index in [4.69, 9.17) is 28.9 Å². The maximum atomic E-state index is 6.48. The summed E-state index contributed by atoms with van der Waals surface area (Å²) in [4.78, 5) is 3.58. The molecule has 0 radical (unpaired) electrons. The molecule has 5 heteroatoms. The van der Waals surface area contributed by atoms with Crippen molar-refractivity contribution in [1.29, 1.82) is 0 Å². The Kier molecular flexibility index (Phi) is 5.56. The topological polar surface area (TPSA) is 41.8 Å². The number of hydrogen-bond acceptors (Lipinski definition) is 1. The van der Waals surface area contributed by atoms with E-state index >= 15 is 0 Å². The second-order valence-corrected chi connectivity index (χ2v) is 7.75. The molecule has 2 aromatic carbocycles. The second-order valence-electron chi connectivity index (χ2n) is 5.99. The lowest BCUT2D eigenvalue weighted by atomic mass is 9.99. The molecule has 0 fully saturated rings. The summed E-state index contributed by atoms with van der Waals surface area (Å²) in [5, 5.41) is 2.66.